The molecule has 1 rings (SSSR count). The zero-order valence-electron chi connectivity index (χ0n) is 12.6. The second-order valence-corrected chi connectivity index (χ2v) is 5.84. The molecule has 0 radical (unpaired) electrons. The number of carboxylic acids is 1. The smallest absolute Gasteiger partial charge is 0.331 e. The van der Waals surface area contributed by atoms with E-state index in [2.05, 4.69) is 6.92 Å². The van der Waals surface area contributed by atoms with Crippen molar-refractivity contribution >= 4 is 11.9 Å². The second kappa shape index (κ2) is 8.08. The quantitative estimate of drug-likeness (QED) is 0.571. The van der Waals surface area contributed by atoms with Gasteiger partial charge in [0.25, 0.3) is 0 Å². The fourth-order valence-electron chi connectivity index (χ4n) is 2.98. The Bertz CT molecular complexity index is 355. The van der Waals surface area contributed by atoms with Crippen molar-refractivity contribution < 1.29 is 19.4 Å². The summed E-state index contributed by atoms with van der Waals surface area (Å²) in [5.41, 5.74) is -0.462. The van der Waals surface area contributed by atoms with Gasteiger partial charge in [0.05, 0.1) is 0 Å². The van der Waals surface area contributed by atoms with E-state index in [9.17, 15) is 9.59 Å². The van der Waals surface area contributed by atoms with Gasteiger partial charge in [0.1, 0.15) is 5.60 Å². The fraction of sp³-hybridized carbons (Fsp3) is 0.750. The van der Waals surface area contributed by atoms with Crippen LogP contribution in [0, 0.1) is 5.92 Å². The lowest BCUT2D eigenvalue weighted by Gasteiger charge is -2.39. The number of rotatable bonds is 7. The van der Waals surface area contributed by atoms with E-state index < -0.39 is 17.5 Å². The summed E-state index contributed by atoms with van der Waals surface area (Å²) in [4.78, 5) is 22.2. The molecular weight excluding hydrogens is 256 g/mol. The monoisotopic (exact) mass is 282 g/mol. The van der Waals surface area contributed by atoms with Crippen molar-refractivity contribution in [2.24, 2.45) is 5.92 Å². The van der Waals surface area contributed by atoms with Crippen LogP contribution in [0.1, 0.15) is 65.2 Å². The number of carboxylic acid groups (broad SMARTS) is 1. The number of ether oxygens (including phenoxy) is 1. The minimum Gasteiger partial charge on any atom is -0.478 e. The highest BCUT2D eigenvalue weighted by atomic mass is 16.6. The molecule has 20 heavy (non-hydrogen) atoms. The minimum atomic E-state index is -1.13. The van der Waals surface area contributed by atoms with E-state index in [4.69, 9.17) is 9.84 Å². The summed E-state index contributed by atoms with van der Waals surface area (Å²) in [7, 11) is 0. The second-order valence-electron chi connectivity index (χ2n) is 5.84. The van der Waals surface area contributed by atoms with Gasteiger partial charge in [0.2, 0.25) is 0 Å². The molecule has 0 aliphatic heterocycles. The van der Waals surface area contributed by atoms with Crippen LogP contribution >= 0.6 is 0 Å². The van der Waals surface area contributed by atoms with E-state index in [-0.39, 0.29) is 0 Å². The zero-order chi connectivity index (χ0) is 15.0. The van der Waals surface area contributed by atoms with Crippen LogP contribution in [0.5, 0.6) is 0 Å². The molecule has 1 fully saturated rings. The molecule has 0 amide bonds. The molecule has 0 aromatic carbocycles. The van der Waals surface area contributed by atoms with E-state index in [1.165, 1.54) is 19.3 Å². The standard InChI is InChI=1S/C16H26O4/c1-3-4-12-16(2,13-8-6-5-7-9-13)20-15(19)11-10-14(17)18/h10-11,13H,3-9,12H2,1-2H3,(H,17,18)/b11-10+. The van der Waals surface area contributed by atoms with Crippen molar-refractivity contribution in [1.29, 1.82) is 0 Å². The van der Waals surface area contributed by atoms with Crippen LogP contribution in [0.3, 0.4) is 0 Å². The number of carbonyl (C=O) groups is 2. The Morgan fingerprint density at radius 2 is 1.90 bits per heavy atom. The molecule has 0 bridgehead atoms. The summed E-state index contributed by atoms with van der Waals surface area (Å²) >= 11 is 0. The minimum absolute atomic E-state index is 0.393. The molecule has 0 spiro atoms. The Balaban J connectivity index is 2.70. The van der Waals surface area contributed by atoms with Crippen molar-refractivity contribution in [2.75, 3.05) is 0 Å². The van der Waals surface area contributed by atoms with Crippen molar-refractivity contribution in [2.45, 2.75) is 70.8 Å². The number of hydrogen-bond donors (Lipinski definition) is 1. The SMILES string of the molecule is CCCCC(C)(OC(=O)/C=C/C(=O)O)C1CCCCC1. The highest BCUT2D eigenvalue weighted by Gasteiger charge is 2.37. The first-order chi connectivity index (χ1) is 9.48. The molecule has 0 aromatic rings. The highest BCUT2D eigenvalue weighted by molar-refractivity contribution is 5.90. The van der Waals surface area contributed by atoms with Gasteiger partial charge in [-0.15, -0.1) is 0 Å². The molecule has 4 nitrogen and oxygen atoms in total. The molecule has 4 heteroatoms. The van der Waals surface area contributed by atoms with Crippen molar-refractivity contribution in [3.8, 4) is 0 Å². The summed E-state index contributed by atoms with van der Waals surface area (Å²) in [6.45, 7) is 4.12. The summed E-state index contributed by atoms with van der Waals surface area (Å²) in [6, 6.07) is 0. The van der Waals surface area contributed by atoms with Crippen LogP contribution in [0.15, 0.2) is 12.2 Å². The van der Waals surface area contributed by atoms with Gasteiger partial charge >= 0.3 is 11.9 Å². The van der Waals surface area contributed by atoms with Gasteiger partial charge in [0.15, 0.2) is 0 Å². The first kappa shape index (κ1) is 16.7. The van der Waals surface area contributed by atoms with Crippen LogP contribution in [-0.2, 0) is 14.3 Å². The Hall–Kier alpha value is -1.32. The van der Waals surface area contributed by atoms with Crippen LogP contribution in [0.2, 0.25) is 0 Å². The third-order valence-electron chi connectivity index (χ3n) is 4.19. The third kappa shape index (κ3) is 5.35. The van der Waals surface area contributed by atoms with E-state index >= 15 is 0 Å². The molecule has 1 aliphatic carbocycles. The normalized spacial score (nSPS) is 19.7. The van der Waals surface area contributed by atoms with Crippen molar-refractivity contribution in [3.05, 3.63) is 12.2 Å². The Labute approximate surface area is 121 Å². The van der Waals surface area contributed by atoms with Gasteiger partial charge in [-0.2, -0.15) is 0 Å². The van der Waals surface area contributed by atoms with Gasteiger partial charge in [-0.25, -0.2) is 9.59 Å². The fourth-order valence-corrected chi connectivity index (χ4v) is 2.98. The predicted octanol–water partition coefficient (Wildman–Crippen LogP) is 3.70. The van der Waals surface area contributed by atoms with Gasteiger partial charge < -0.3 is 9.84 Å². The van der Waals surface area contributed by atoms with Crippen LogP contribution < -0.4 is 0 Å². The van der Waals surface area contributed by atoms with Crippen LogP contribution in [0.25, 0.3) is 0 Å². The zero-order valence-corrected chi connectivity index (χ0v) is 12.6. The Morgan fingerprint density at radius 1 is 1.25 bits per heavy atom. The lowest BCUT2D eigenvalue weighted by Crippen LogP contribution is -2.40. The molecule has 1 aliphatic rings. The number of esters is 1. The molecule has 1 unspecified atom stereocenters. The van der Waals surface area contributed by atoms with Crippen molar-refractivity contribution in [3.63, 3.8) is 0 Å². The first-order valence-electron chi connectivity index (χ1n) is 7.62. The molecule has 1 saturated carbocycles. The van der Waals surface area contributed by atoms with Crippen LogP contribution in [-0.4, -0.2) is 22.6 Å². The Kier molecular flexibility index (Phi) is 6.76. The molecule has 1 atom stereocenters. The largest absolute Gasteiger partial charge is 0.478 e. The average Bonchev–Trinajstić information content (AvgIpc) is 2.44. The van der Waals surface area contributed by atoms with Crippen LogP contribution in [0.4, 0.5) is 0 Å². The molecule has 0 heterocycles. The van der Waals surface area contributed by atoms with Gasteiger partial charge in [-0.3, -0.25) is 0 Å². The number of carbonyl (C=O) groups excluding carboxylic acids is 1. The lowest BCUT2D eigenvalue weighted by atomic mass is 9.75. The average molecular weight is 282 g/mol. The van der Waals surface area contributed by atoms with Gasteiger partial charge in [-0.05, 0) is 38.5 Å². The number of unbranched alkanes of at least 4 members (excludes halogenated alkanes) is 1. The molecule has 1 N–H and O–H groups in total. The number of aliphatic carboxylic acids is 1. The molecule has 0 saturated heterocycles. The maximum Gasteiger partial charge on any atom is 0.331 e. The topological polar surface area (TPSA) is 63.6 Å². The first-order valence-corrected chi connectivity index (χ1v) is 7.62. The molecule has 0 aromatic heterocycles. The summed E-state index contributed by atoms with van der Waals surface area (Å²) in [5.74, 6) is -1.28. The van der Waals surface area contributed by atoms with E-state index in [1.54, 1.807) is 0 Å². The predicted molar refractivity (Wildman–Crippen MR) is 77.4 cm³/mol. The highest BCUT2D eigenvalue weighted by Crippen LogP contribution is 2.38. The third-order valence-corrected chi connectivity index (χ3v) is 4.19. The van der Waals surface area contributed by atoms with E-state index in [1.807, 2.05) is 6.92 Å². The molecular formula is C16H26O4. The number of hydrogen-bond acceptors (Lipinski definition) is 3. The van der Waals surface area contributed by atoms with Gasteiger partial charge in [-0.1, -0.05) is 32.6 Å². The Morgan fingerprint density at radius 3 is 2.45 bits per heavy atom. The maximum absolute atomic E-state index is 11.8. The maximum atomic E-state index is 11.8. The summed E-state index contributed by atoms with van der Waals surface area (Å²) in [6.07, 6.45) is 10.6. The van der Waals surface area contributed by atoms with Gasteiger partial charge in [0, 0.05) is 12.2 Å². The van der Waals surface area contributed by atoms with E-state index in [0.29, 0.717) is 5.92 Å². The van der Waals surface area contributed by atoms with E-state index in [0.717, 1.165) is 44.3 Å². The summed E-state index contributed by atoms with van der Waals surface area (Å²) in [5, 5.41) is 8.56. The lowest BCUT2D eigenvalue weighted by molar-refractivity contribution is -0.160. The molecule has 114 valence electrons. The summed E-state index contributed by atoms with van der Waals surface area (Å²) < 4.78 is 5.64. The van der Waals surface area contributed by atoms with Crippen molar-refractivity contribution in [1.82, 2.24) is 0 Å².